The average Bonchev–Trinajstić information content (AvgIpc) is 3.07. The second-order valence-electron chi connectivity index (χ2n) is 4.47. The molecule has 0 aliphatic heterocycles. The molecule has 3 heteroatoms. The summed E-state index contributed by atoms with van der Waals surface area (Å²) in [6.45, 7) is 0. The van der Waals surface area contributed by atoms with Crippen molar-refractivity contribution in [3.8, 4) is 11.3 Å². The van der Waals surface area contributed by atoms with Gasteiger partial charge in [-0.1, -0.05) is 24.3 Å². The molecule has 0 radical (unpaired) electrons. The molecule has 82 valence electrons. The molecule has 1 fully saturated rings. The molecule has 3 rings (SSSR count). The van der Waals surface area contributed by atoms with Crippen LogP contribution in [0.3, 0.4) is 0 Å². The van der Waals surface area contributed by atoms with Gasteiger partial charge in [-0.3, -0.25) is 4.68 Å². The van der Waals surface area contributed by atoms with E-state index < -0.39 is 0 Å². The van der Waals surface area contributed by atoms with Crippen LogP contribution in [0, 0.1) is 0 Å². The van der Waals surface area contributed by atoms with E-state index in [0.717, 1.165) is 17.2 Å². The van der Waals surface area contributed by atoms with Gasteiger partial charge in [-0.15, -0.1) is 0 Å². The number of anilines is 1. The summed E-state index contributed by atoms with van der Waals surface area (Å²) in [5, 5.41) is 4.36. The maximum atomic E-state index is 5.77. The highest BCUT2D eigenvalue weighted by Gasteiger charge is 2.23. The zero-order chi connectivity index (χ0) is 11.1. The minimum atomic E-state index is 0.696. The largest absolute Gasteiger partial charge is 0.384 e. The monoisotopic (exact) mass is 213 g/mol. The molecule has 1 aliphatic carbocycles. The van der Waals surface area contributed by atoms with Gasteiger partial charge in [-0.25, -0.2) is 0 Å². The number of nitrogens with two attached hydrogens (primary N) is 1. The van der Waals surface area contributed by atoms with E-state index in [-0.39, 0.29) is 0 Å². The molecule has 0 saturated heterocycles. The molecule has 0 amide bonds. The summed E-state index contributed by atoms with van der Waals surface area (Å²) in [5.74, 6) is 1.50. The molecule has 2 N–H and O–H groups in total. The van der Waals surface area contributed by atoms with E-state index in [1.807, 2.05) is 13.1 Å². The summed E-state index contributed by atoms with van der Waals surface area (Å²) < 4.78 is 1.70. The first-order chi connectivity index (χ1) is 7.74. The Labute approximate surface area is 94.9 Å². The van der Waals surface area contributed by atoms with Crippen LogP contribution in [-0.4, -0.2) is 9.78 Å². The summed E-state index contributed by atoms with van der Waals surface area (Å²) >= 11 is 0. The Balaban J connectivity index is 1.93. The molecule has 1 saturated carbocycles. The van der Waals surface area contributed by atoms with Gasteiger partial charge in [0, 0.05) is 18.7 Å². The van der Waals surface area contributed by atoms with Crippen LogP contribution >= 0.6 is 0 Å². The van der Waals surface area contributed by atoms with E-state index in [0.29, 0.717) is 5.82 Å². The molecule has 3 nitrogen and oxygen atoms in total. The maximum Gasteiger partial charge on any atom is 0.121 e. The zero-order valence-corrected chi connectivity index (χ0v) is 9.35. The lowest BCUT2D eigenvalue weighted by Gasteiger charge is -1.99. The quantitative estimate of drug-likeness (QED) is 0.833. The van der Waals surface area contributed by atoms with Gasteiger partial charge in [0.1, 0.15) is 5.82 Å². The second kappa shape index (κ2) is 3.37. The van der Waals surface area contributed by atoms with Gasteiger partial charge in [0.15, 0.2) is 0 Å². The summed E-state index contributed by atoms with van der Waals surface area (Å²) in [4.78, 5) is 0. The van der Waals surface area contributed by atoms with Gasteiger partial charge in [-0.2, -0.15) is 5.10 Å². The van der Waals surface area contributed by atoms with Gasteiger partial charge in [0.05, 0.1) is 5.69 Å². The number of hydrogen-bond acceptors (Lipinski definition) is 2. The average molecular weight is 213 g/mol. The Morgan fingerprint density at radius 2 is 1.94 bits per heavy atom. The number of nitrogen functional groups attached to an aromatic ring is 1. The number of hydrogen-bond donors (Lipinski definition) is 1. The third-order valence-electron chi connectivity index (χ3n) is 3.17. The Morgan fingerprint density at radius 3 is 2.44 bits per heavy atom. The summed E-state index contributed by atoms with van der Waals surface area (Å²) in [6, 6.07) is 10.6. The van der Waals surface area contributed by atoms with Crippen LogP contribution < -0.4 is 5.73 Å². The number of nitrogens with zero attached hydrogens (tertiary/aromatic N) is 2. The van der Waals surface area contributed by atoms with E-state index in [9.17, 15) is 0 Å². The molecular weight excluding hydrogens is 198 g/mol. The van der Waals surface area contributed by atoms with Crippen LogP contribution in [0.25, 0.3) is 11.3 Å². The Kier molecular flexibility index (Phi) is 1.99. The molecule has 16 heavy (non-hydrogen) atoms. The minimum Gasteiger partial charge on any atom is -0.384 e. The fourth-order valence-electron chi connectivity index (χ4n) is 1.97. The van der Waals surface area contributed by atoms with Crippen LogP contribution in [-0.2, 0) is 7.05 Å². The van der Waals surface area contributed by atoms with Gasteiger partial charge in [0.2, 0.25) is 0 Å². The van der Waals surface area contributed by atoms with Crippen molar-refractivity contribution in [3.63, 3.8) is 0 Å². The number of benzene rings is 1. The van der Waals surface area contributed by atoms with E-state index in [4.69, 9.17) is 5.73 Å². The first kappa shape index (κ1) is 9.46. The molecule has 0 atom stereocenters. The number of aryl methyl sites for hydroxylation is 1. The van der Waals surface area contributed by atoms with E-state index in [1.165, 1.54) is 18.4 Å². The van der Waals surface area contributed by atoms with Crippen LogP contribution in [0.5, 0.6) is 0 Å². The molecule has 0 spiro atoms. The Hall–Kier alpha value is -1.77. The van der Waals surface area contributed by atoms with Crippen molar-refractivity contribution in [1.29, 1.82) is 0 Å². The highest BCUT2D eigenvalue weighted by molar-refractivity contribution is 5.62. The molecule has 1 aromatic heterocycles. The third-order valence-corrected chi connectivity index (χ3v) is 3.17. The van der Waals surface area contributed by atoms with Crippen molar-refractivity contribution >= 4 is 5.82 Å². The van der Waals surface area contributed by atoms with Crippen LogP contribution in [0.1, 0.15) is 24.3 Å². The first-order valence-electron chi connectivity index (χ1n) is 5.64. The lowest BCUT2D eigenvalue weighted by atomic mass is 10.1. The lowest BCUT2D eigenvalue weighted by Crippen LogP contribution is -1.96. The van der Waals surface area contributed by atoms with E-state index in [2.05, 4.69) is 29.4 Å². The minimum absolute atomic E-state index is 0.696. The van der Waals surface area contributed by atoms with Crippen molar-refractivity contribution in [2.24, 2.45) is 7.05 Å². The van der Waals surface area contributed by atoms with Crippen LogP contribution in [0.15, 0.2) is 30.3 Å². The van der Waals surface area contributed by atoms with Gasteiger partial charge >= 0.3 is 0 Å². The fraction of sp³-hybridized carbons (Fsp3) is 0.308. The van der Waals surface area contributed by atoms with Crippen LogP contribution in [0.4, 0.5) is 5.82 Å². The highest BCUT2D eigenvalue weighted by atomic mass is 15.3. The highest BCUT2D eigenvalue weighted by Crippen LogP contribution is 2.40. The van der Waals surface area contributed by atoms with Crippen molar-refractivity contribution < 1.29 is 0 Å². The third kappa shape index (κ3) is 1.58. The fourth-order valence-corrected chi connectivity index (χ4v) is 1.97. The molecule has 1 aromatic carbocycles. The predicted molar refractivity (Wildman–Crippen MR) is 65.0 cm³/mol. The lowest BCUT2D eigenvalue weighted by molar-refractivity contribution is 0.782. The first-order valence-corrected chi connectivity index (χ1v) is 5.64. The number of aromatic nitrogens is 2. The molecule has 1 aliphatic rings. The summed E-state index contributed by atoms with van der Waals surface area (Å²) in [6.07, 6.45) is 2.69. The van der Waals surface area contributed by atoms with Crippen molar-refractivity contribution in [3.05, 3.63) is 35.9 Å². The molecular formula is C13H15N3. The molecule has 0 unspecified atom stereocenters. The maximum absolute atomic E-state index is 5.77. The van der Waals surface area contributed by atoms with Crippen molar-refractivity contribution in [2.45, 2.75) is 18.8 Å². The Morgan fingerprint density at radius 1 is 1.25 bits per heavy atom. The zero-order valence-electron chi connectivity index (χ0n) is 9.35. The van der Waals surface area contributed by atoms with Gasteiger partial charge in [-0.05, 0) is 24.3 Å². The molecule has 1 heterocycles. The van der Waals surface area contributed by atoms with Gasteiger partial charge < -0.3 is 5.73 Å². The normalized spacial score (nSPS) is 15.3. The number of rotatable bonds is 2. The second-order valence-corrected chi connectivity index (χ2v) is 4.47. The van der Waals surface area contributed by atoms with E-state index in [1.54, 1.807) is 4.68 Å². The summed E-state index contributed by atoms with van der Waals surface area (Å²) in [7, 11) is 1.86. The Bertz CT molecular complexity index is 487. The predicted octanol–water partition coefficient (Wildman–Crippen LogP) is 2.55. The van der Waals surface area contributed by atoms with Crippen molar-refractivity contribution in [1.82, 2.24) is 9.78 Å². The SMILES string of the molecule is Cn1nc(-c2ccc(C3CC3)cc2)cc1N. The topological polar surface area (TPSA) is 43.8 Å². The standard InChI is InChI=1S/C13H15N3/c1-16-13(14)8-12(15-16)11-6-4-10(5-7-11)9-2-3-9/h4-9H,2-3,14H2,1H3. The van der Waals surface area contributed by atoms with E-state index >= 15 is 0 Å². The molecule has 2 aromatic rings. The van der Waals surface area contributed by atoms with Crippen LogP contribution in [0.2, 0.25) is 0 Å². The van der Waals surface area contributed by atoms with Gasteiger partial charge in [0.25, 0.3) is 0 Å². The molecule has 0 bridgehead atoms. The van der Waals surface area contributed by atoms with Crippen molar-refractivity contribution in [2.75, 3.05) is 5.73 Å². The summed E-state index contributed by atoms with van der Waals surface area (Å²) in [5.41, 5.74) is 9.30. The smallest absolute Gasteiger partial charge is 0.121 e.